The van der Waals surface area contributed by atoms with Crippen LogP contribution in [-0.4, -0.2) is 70.5 Å². The van der Waals surface area contributed by atoms with Gasteiger partial charge in [-0.1, -0.05) is 43.9 Å². The van der Waals surface area contributed by atoms with Gasteiger partial charge >= 0.3 is 15.2 Å². The fourth-order valence-electron chi connectivity index (χ4n) is 10.1. The lowest BCUT2D eigenvalue weighted by atomic mass is 9.79. The second-order valence-corrected chi connectivity index (χ2v) is 36.2. The summed E-state index contributed by atoms with van der Waals surface area (Å²) in [6.45, 7) is 7.18. The van der Waals surface area contributed by atoms with Gasteiger partial charge in [-0.25, -0.2) is 8.78 Å². The quantitative estimate of drug-likeness (QED) is 0.0501. The molecule has 10 nitrogen and oxygen atoms in total. The summed E-state index contributed by atoms with van der Waals surface area (Å²) < 4.78 is 86.2. The lowest BCUT2D eigenvalue weighted by Crippen LogP contribution is -2.20. The molecule has 0 amide bonds. The minimum Gasteiger partial charge on any atom is -0.497 e. The molecule has 4 aromatic rings. The highest BCUT2D eigenvalue weighted by molar-refractivity contribution is 9.26. The van der Waals surface area contributed by atoms with Crippen molar-refractivity contribution in [2.45, 2.75) is 120 Å². The molecule has 0 bridgehead atoms. The Bertz CT molecular complexity index is 2380. The molecule has 16 heteroatoms. The highest BCUT2D eigenvalue weighted by Gasteiger charge is 2.39. The maximum absolute atomic E-state index is 14.4. The molecule has 0 aliphatic heterocycles. The molecular weight excluding hydrogens is 1030 g/mol. The van der Waals surface area contributed by atoms with E-state index in [1.54, 1.807) is 26.4 Å². The van der Waals surface area contributed by atoms with Crippen molar-refractivity contribution in [3.63, 3.8) is 0 Å². The Morgan fingerprint density at radius 2 is 0.944 bits per heavy atom. The molecule has 2 N–H and O–H groups in total. The average Bonchev–Trinajstić information content (AvgIpc) is 4.30. The van der Waals surface area contributed by atoms with Crippen LogP contribution in [-0.2, 0) is 18.2 Å². The lowest BCUT2D eigenvalue weighted by molar-refractivity contribution is 0.199. The van der Waals surface area contributed by atoms with E-state index in [4.69, 9.17) is 28.0 Å². The van der Waals surface area contributed by atoms with Gasteiger partial charge < -0.3 is 37.8 Å². The van der Waals surface area contributed by atoms with Gasteiger partial charge in [-0.3, -0.25) is 9.13 Å². The molecule has 2 unspecified atom stereocenters. The van der Waals surface area contributed by atoms with E-state index in [-0.39, 0.29) is 41.5 Å². The van der Waals surface area contributed by atoms with E-state index < -0.39 is 21.9 Å². The standard InChI is InChI=1S/C27H36FO5P.C25H32FO5P.C3H9BrSi/c1-30-23-13-14-27(28)25(16-23)20-9-7-19(8-10-20)17-33-24-6-4-5-22(15-24)26(21-11-12-21)18-34(29,31-2)32-3;1-30-21-11-12-25(26)23(14-21)18-7-5-17(6-8-18)15-31-22-4-2-3-20(13-22)24(19-9-10-19)16-32(27,28)29;1-5(2,3)4/h4-6,13-16,19-21,26H,7-12,17-18H2,1-3H3;2-4,11-14,17-19,24H,5-10,15-16H2,1H3,(H2,27,28,29);1-3H3. The van der Waals surface area contributed by atoms with Crippen LogP contribution in [0.5, 0.6) is 23.0 Å². The molecule has 2 atom stereocenters. The zero-order chi connectivity index (χ0) is 51.3. The second-order valence-electron chi connectivity index (χ2n) is 20.9. The monoisotopic (exact) mass is 1100 g/mol. The summed E-state index contributed by atoms with van der Waals surface area (Å²) in [7, 11) is -1.05. The van der Waals surface area contributed by atoms with Crippen molar-refractivity contribution in [2.75, 3.05) is 54.0 Å². The zero-order valence-corrected chi connectivity index (χ0v) is 47.1. The van der Waals surface area contributed by atoms with Crippen molar-refractivity contribution in [3.8, 4) is 23.0 Å². The van der Waals surface area contributed by atoms with Gasteiger partial charge in [0.05, 0.1) is 39.8 Å². The van der Waals surface area contributed by atoms with Crippen molar-refractivity contribution in [1.29, 1.82) is 0 Å². The van der Waals surface area contributed by atoms with Gasteiger partial charge in [0.15, 0.2) is 0 Å². The average molecular weight is 1110 g/mol. The van der Waals surface area contributed by atoms with E-state index in [0.29, 0.717) is 54.5 Å². The first-order valence-electron chi connectivity index (χ1n) is 25.3. The van der Waals surface area contributed by atoms with Crippen LogP contribution in [0.3, 0.4) is 0 Å². The van der Waals surface area contributed by atoms with Crippen LogP contribution >= 0.6 is 30.5 Å². The largest absolute Gasteiger partial charge is 0.497 e. The first-order chi connectivity index (χ1) is 33.8. The summed E-state index contributed by atoms with van der Waals surface area (Å²) in [6, 6.07) is 25.8. The van der Waals surface area contributed by atoms with Crippen LogP contribution in [0.4, 0.5) is 8.78 Å². The molecule has 392 valence electrons. The van der Waals surface area contributed by atoms with Gasteiger partial charge in [0, 0.05) is 14.2 Å². The van der Waals surface area contributed by atoms with Crippen molar-refractivity contribution < 1.29 is 55.7 Å². The van der Waals surface area contributed by atoms with E-state index in [0.717, 1.165) is 111 Å². The minimum absolute atomic E-state index is 0.105. The Balaban J connectivity index is 0.000000213. The topological polar surface area (TPSA) is 130 Å². The Kier molecular flexibility index (Phi) is 21.3. The first-order valence-corrected chi connectivity index (χ1v) is 34.6. The van der Waals surface area contributed by atoms with Crippen LogP contribution < -0.4 is 18.9 Å². The molecule has 4 aromatic carbocycles. The summed E-state index contributed by atoms with van der Waals surface area (Å²) in [5.74, 6) is 4.87. The number of methoxy groups -OCH3 is 2. The molecule has 0 saturated heterocycles. The molecule has 0 radical (unpaired) electrons. The van der Waals surface area contributed by atoms with Crippen molar-refractivity contribution >= 4 is 37.2 Å². The van der Waals surface area contributed by atoms with Crippen LogP contribution in [0.25, 0.3) is 0 Å². The number of rotatable bonds is 20. The Labute approximate surface area is 430 Å². The Morgan fingerprint density at radius 3 is 1.28 bits per heavy atom. The molecular formula is C55H77BrF2O10P2Si. The van der Waals surface area contributed by atoms with E-state index >= 15 is 0 Å². The summed E-state index contributed by atoms with van der Waals surface area (Å²) in [6.07, 6.45) is 12.3. The molecule has 4 fully saturated rings. The smallest absolute Gasteiger partial charge is 0.330 e. The van der Waals surface area contributed by atoms with E-state index in [9.17, 15) is 27.7 Å². The maximum atomic E-state index is 14.4. The van der Waals surface area contributed by atoms with Crippen LogP contribution in [0.15, 0.2) is 84.9 Å². The van der Waals surface area contributed by atoms with Crippen LogP contribution in [0.1, 0.15) is 123 Å². The highest BCUT2D eigenvalue weighted by atomic mass is 79.9. The fourth-order valence-corrected chi connectivity index (χ4v) is 12.5. The minimum atomic E-state index is -4.07. The molecule has 4 saturated carbocycles. The fraction of sp³-hybridized carbons (Fsp3) is 0.564. The van der Waals surface area contributed by atoms with Gasteiger partial charge in [0.25, 0.3) is 0 Å². The van der Waals surface area contributed by atoms with Gasteiger partial charge in [0.1, 0.15) is 41.3 Å². The van der Waals surface area contributed by atoms with E-state index in [1.807, 2.05) is 48.5 Å². The Morgan fingerprint density at radius 1 is 0.563 bits per heavy atom. The van der Waals surface area contributed by atoms with E-state index in [1.165, 1.54) is 26.4 Å². The van der Waals surface area contributed by atoms with Crippen LogP contribution in [0, 0.1) is 35.3 Å². The van der Waals surface area contributed by atoms with Crippen molar-refractivity contribution in [3.05, 3.63) is 119 Å². The molecule has 4 aliphatic rings. The molecule has 0 aromatic heterocycles. The van der Waals surface area contributed by atoms with Crippen molar-refractivity contribution in [2.24, 2.45) is 23.7 Å². The van der Waals surface area contributed by atoms with Crippen molar-refractivity contribution in [1.82, 2.24) is 0 Å². The predicted molar refractivity (Wildman–Crippen MR) is 286 cm³/mol. The molecule has 71 heavy (non-hydrogen) atoms. The predicted octanol–water partition coefficient (Wildman–Crippen LogP) is 15.2. The SMILES string of the molecule is COc1ccc(F)c(C2CCC(COc3cccc(C(CP(=O)(O)O)C4CC4)c3)CC2)c1.COc1ccc(F)c(C2CCC(COc3cccc(C(CP(=O)(OC)OC)C4CC4)c3)CC2)c1.C[Si](C)(C)Br. The summed E-state index contributed by atoms with van der Waals surface area (Å²) in [5, 5.41) is 0. The number of hydrogen-bond donors (Lipinski definition) is 2. The molecule has 4 aliphatic carbocycles. The normalized spacial score (nSPS) is 21.4. The first kappa shape index (κ1) is 57.2. The highest BCUT2D eigenvalue weighted by Crippen LogP contribution is 2.56. The number of ether oxygens (including phenoxy) is 4. The maximum Gasteiger partial charge on any atom is 0.330 e. The zero-order valence-electron chi connectivity index (χ0n) is 42.7. The molecule has 8 rings (SSSR count). The summed E-state index contributed by atoms with van der Waals surface area (Å²) >= 11 is 3.51. The van der Waals surface area contributed by atoms with Crippen LogP contribution in [0.2, 0.25) is 19.6 Å². The Hall–Kier alpha value is -3.06. The third-order valence-electron chi connectivity index (χ3n) is 14.3. The molecule has 0 heterocycles. The van der Waals surface area contributed by atoms with Gasteiger partial charge in [0.2, 0.25) is 0 Å². The third-order valence-corrected chi connectivity index (χ3v) is 17.1. The molecule has 0 spiro atoms. The van der Waals surface area contributed by atoms with Gasteiger partial charge in [-0.15, -0.1) is 15.3 Å². The second kappa shape index (κ2) is 26.4. The summed E-state index contributed by atoms with van der Waals surface area (Å²) in [4.78, 5) is 18.9. The third kappa shape index (κ3) is 18.7. The summed E-state index contributed by atoms with van der Waals surface area (Å²) in [5.41, 5.74) is 3.59. The van der Waals surface area contributed by atoms with Gasteiger partial charge in [-0.05, 0) is 207 Å². The van der Waals surface area contributed by atoms with Gasteiger partial charge in [-0.2, -0.15) is 0 Å². The number of hydrogen-bond acceptors (Lipinski definition) is 8. The number of benzene rings is 4. The lowest BCUT2D eigenvalue weighted by Gasteiger charge is -2.29. The van der Waals surface area contributed by atoms with E-state index in [2.05, 4.69) is 47.1 Å². The number of halogens is 3.